The van der Waals surface area contributed by atoms with Gasteiger partial charge in [-0.1, -0.05) is 12.1 Å². The third-order valence-corrected chi connectivity index (χ3v) is 5.66. The lowest BCUT2D eigenvalue weighted by atomic mass is 10.2. The van der Waals surface area contributed by atoms with Gasteiger partial charge >= 0.3 is 0 Å². The van der Waals surface area contributed by atoms with E-state index in [9.17, 15) is 8.42 Å². The van der Waals surface area contributed by atoms with E-state index in [4.69, 9.17) is 9.47 Å². The van der Waals surface area contributed by atoms with Crippen molar-refractivity contribution in [2.45, 2.75) is 18.7 Å². The molecule has 2 aromatic carbocycles. The molecule has 0 saturated heterocycles. The molecule has 0 atom stereocenters. The van der Waals surface area contributed by atoms with Crippen molar-refractivity contribution in [3.05, 3.63) is 47.5 Å². The third-order valence-electron chi connectivity index (χ3n) is 3.82. The number of benzene rings is 2. The van der Waals surface area contributed by atoms with E-state index in [1.54, 1.807) is 18.2 Å². The van der Waals surface area contributed by atoms with Gasteiger partial charge in [-0.05, 0) is 49.2 Å². The summed E-state index contributed by atoms with van der Waals surface area (Å²) in [6, 6.07) is 10.7. The van der Waals surface area contributed by atoms with E-state index in [-0.39, 0.29) is 11.4 Å². The van der Waals surface area contributed by atoms with Crippen LogP contribution in [-0.4, -0.2) is 28.7 Å². The number of ether oxygens (including phenoxy) is 2. The quantitative estimate of drug-likeness (QED) is 0.867. The number of hydrogen-bond donors (Lipinski definition) is 0. The number of anilines is 1. The molecule has 0 aliphatic carbocycles. The minimum Gasteiger partial charge on any atom is -0.495 e. The number of fused-ring (bicyclic) bond motifs is 1. The van der Waals surface area contributed by atoms with Gasteiger partial charge in [-0.3, -0.25) is 4.31 Å². The molecule has 0 aromatic heterocycles. The Kier molecular flexibility index (Phi) is 3.93. The first-order valence-electron chi connectivity index (χ1n) is 7.34. The second-order valence-electron chi connectivity index (χ2n) is 5.55. The maximum Gasteiger partial charge on any atom is 0.268 e. The van der Waals surface area contributed by atoms with Crippen LogP contribution in [0.4, 0.5) is 5.69 Å². The summed E-state index contributed by atoms with van der Waals surface area (Å²) in [6.07, 6.45) is 0. The largest absolute Gasteiger partial charge is 0.495 e. The molecule has 0 radical (unpaired) electrons. The van der Waals surface area contributed by atoms with Crippen molar-refractivity contribution in [2.24, 2.45) is 0 Å². The summed E-state index contributed by atoms with van der Waals surface area (Å²) >= 11 is 0. The van der Waals surface area contributed by atoms with Gasteiger partial charge in [0.25, 0.3) is 10.0 Å². The van der Waals surface area contributed by atoms with E-state index in [0.29, 0.717) is 23.8 Å². The van der Waals surface area contributed by atoms with Crippen LogP contribution in [0.3, 0.4) is 0 Å². The molecule has 0 spiro atoms. The SMILES string of the molecule is COc1ccc(C)cc1S(=O)(=O)N1CCOc2ccc(C)cc21. The van der Waals surface area contributed by atoms with Gasteiger partial charge in [-0.2, -0.15) is 0 Å². The lowest BCUT2D eigenvalue weighted by Crippen LogP contribution is -2.38. The monoisotopic (exact) mass is 333 g/mol. The zero-order valence-electron chi connectivity index (χ0n) is 13.4. The Morgan fingerprint density at radius 1 is 1.09 bits per heavy atom. The summed E-state index contributed by atoms with van der Waals surface area (Å²) in [4.78, 5) is 0.175. The lowest BCUT2D eigenvalue weighted by Gasteiger charge is -2.31. The van der Waals surface area contributed by atoms with Gasteiger partial charge in [0.1, 0.15) is 23.0 Å². The van der Waals surface area contributed by atoms with Crippen LogP contribution in [0.1, 0.15) is 11.1 Å². The Bertz CT molecular complexity index is 846. The smallest absolute Gasteiger partial charge is 0.268 e. The normalized spacial score (nSPS) is 14.1. The number of methoxy groups -OCH3 is 1. The third kappa shape index (κ3) is 2.74. The van der Waals surface area contributed by atoms with Crippen LogP contribution < -0.4 is 13.8 Å². The van der Waals surface area contributed by atoms with Crippen molar-refractivity contribution >= 4 is 15.7 Å². The second kappa shape index (κ2) is 5.77. The predicted molar refractivity (Wildman–Crippen MR) is 88.9 cm³/mol. The van der Waals surface area contributed by atoms with E-state index in [1.165, 1.54) is 11.4 Å². The Morgan fingerprint density at radius 2 is 1.78 bits per heavy atom. The first-order chi connectivity index (χ1) is 10.9. The van der Waals surface area contributed by atoms with Crippen molar-refractivity contribution in [1.82, 2.24) is 0 Å². The van der Waals surface area contributed by atoms with Gasteiger partial charge < -0.3 is 9.47 Å². The van der Waals surface area contributed by atoms with Crippen LogP contribution in [0.5, 0.6) is 11.5 Å². The van der Waals surface area contributed by atoms with Crippen molar-refractivity contribution in [2.75, 3.05) is 24.6 Å². The maximum atomic E-state index is 13.2. The molecule has 0 unspecified atom stereocenters. The Morgan fingerprint density at radius 3 is 2.52 bits per heavy atom. The van der Waals surface area contributed by atoms with E-state index in [2.05, 4.69) is 0 Å². The number of aryl methyl sites for hydroxylation is 2. The average Bonchev–Trinajstić information content (AvgIpc) is 2.54. The summed E-state index contributed by atoms with van der Waals surface area (Å²) < 4.78 is 38.6. The van der Waals surface area contributed by atoms with Gasteiger partial charge in [0.2, 0.25) is 0 Å². The molecular formula is C17H19NO4S. The molecule has 5 nitrogen and oxygen atoms in total. The average molecular weight is 333 g/mol. The Hall–Kier alpha value is -2.21. The molecule has 0 saturated carbocycles. The predicted octanol–water partition coefficient (Wildman–Crippen LogP) is 2.90. The fourth-order valence-electron chi connectivity index (χ4n) is 2.66. The Labute approximate surface area is 136 Å². The molecule has 0 bridgehead atoms. The maximum absolute atomic E-state index is 13.2. The number of sulfonamides is 1. The summed E-state index contributed by atoms with van der Waals surface area (Å²) in [5, 5.41) is 0. The topological polar surface area (TPSA) is 55.8 Å². The summed E-state index contributed by atoms with van der Waals surface area (Å²) in [5.74, 6) is 0.924. The molecule has 3 rings (SSSR count). The molecule has 2 aromatic rings. The second-order valence-corrected chi connectivity index (χ2v) is 7.38. The zero-order valence-corrected chi connectivity index (χ0v) is 14.2. The number of hydrogen-bond acceptors (Lipinski definition) is 4. The van der Waals surface area contributed by atoms with Crippen LogP contribution >= 0.6 is 0 Å². The molecule has 1 heterocycles. The van der Waals surface area contributed by atoms with Gasteiger partial charge in [0.05, 0.1) is 19.3 Å². The summed E-state index contributed by atoms with van der Waals surface area (Å²) in [6.45, 7) is 4.38. The summed E-state index contributed by atoms with van der Waals surface area (Å²) in [5.41, 5.74) is 2.41. The van der Waals surface area contributed by atoms with Crippen molar-refractivity contribution < 1.29 is 17.9 Å². The van der Waals surface area contributed by atoms with E-state index < -0.39 is 10.0 Å². The van der Waals surface area contributed by atoms with Crippen LogP contribution in [0, 0.1) is 13.8 Å². The number of rotatable bonds is 3. The minimum absolute atomic E-state index is 0.175. The van der Waals surface area contributed by atoms with Gasteiger partial charge in [0, 0.05) is 0 Å². The van der Waals surface area contributed by atoms with E-state index in [0.717, 1.165) is 11.1 Å². The van der Waals surface area contributed by atoms with Gasteiger partial charge in [-0.25, -0.2) is 8.42 Å². The van der Waals surface area contributed by atoms with Crippen molar-refractivity contribution in [1.29, 1.82) is 0 Å². The van der Waals surface area contributed by atoms with Crippen LogP contribution in [0.15, 0.2) is 41.3 Å². The molecular weight excluding hydrogens is 314 g/mol. The highest BCUT2D eigenvalue weighted by Crippen LogP contribution is 2.38. The highest BCUT2D eigenvalue weighted by molar-refractivity contribution is 7.93. The van der Waals surface area contributed by atoms with Gasteiger partial charge in [0.15, 0.2) is 0 Å². The lowest BCUT2D eigenvalue weighted by molar-refractivity contribution is 0.315. The fraction of sp³-hybridized carbons (Fsp3) is 0.294. The molecule has 23 heavy (non-hydrogen) atoms. The molecule has 0 N–H and O–H groups in total. The fourth-order valence-corrected chi connectivity index (χ4v) is 4.35. The highest BCUT2D eigenvalue weighted by Gasteiger charge is 2.32. The molecule has 1 aliphatic rings. The molecule has 0 fully saturated rings. The standard InChI is InChI=1S/C17H19NO4S/c1-12-4-6-15-14(10-12)18(8-9-22-15)23(19,20)17-11-13(2)5-7-16(17)21-3/h4-7,10-11H,8-9H2,1-3H3. The summed E-state index contributed by atoms with van der Waals surface area (Å²) in [7, 11) is -2.26. The van der Waals surface area contributed by atoms with Crippen LogP contribution in [0.2, 0.25) is 0 Å². The first-order valence-corrected chi connectivity index (χ1v) is 8.78. The first kappa shape index (κ1) is 15.7. The van der Waals surface area contributed by atoms with Crippen LogP contribution in [-0.2, 0) is 10.0 Å². The molecule has 1 aliphatic heterocycles. The van der Waals surface area contributed by atoms with E-state index >= 15 is 0 Å². The molecule has 122 valence electrons. The number of nitrogens with zero attached hydrogens (tertiary/aromatic N) is 1. The Balaban J connectivity index is 2.16. The van der Waals surface area contributed by atoms with Crippen LogP contribution in [0.25, 0.3) is 0 Å². The minimum atomic E-state index is -3.73. The van der Waals surface area contributed by atoms with Crippen molar-refractivity contribution in [3.8, 4) is 11.5 Å². The molecule has 0 amide bonds. The van der Waals surface area contributed by atoms with Gasteiger partial charge in [-0.15, -0.1) is 0 Å². The van der Waals surface area contributed by atoms with E-state index in [1.807, 2.05) is 32.0 Å². The van der Waals surface area contributed by atoms with Crippen molar-refractivity contribution in [3.63, 3.8) is 0 Å². The highest BCUT2D eigenvalue weighted by atomic mass is 32.2. The zero-order chi connectivity index (χ0) is 16.6. The molecule has 6 heteroatoms.